The largest absolute Gasteiger partial charge is 0.373 e. The smallest absolute Gasteiger partial charge is 0.352 e. The van der Waals surface area contributed by atoms with Crippen LogP contribution in [0.5, 0.6) is 0 Å². The fourth-order valence-electron chi connectivity index (χ4n) is 4.19. The first-order chi connectivity index (χ1) is 16.4. The summed E-state index contributed by atoms with van der Waals surface area (Å²) in [6.45, 7) is -0.0183. The van der Waals surface area contributed by atoms with Crippen molar-refractivity contribution in [1.29, 1.82) is 0 Å². The Balaban J connectivity index is 1.60. The van der Waals surface area contributed by atoms with E-state index in [1.165, 1.54) is 18.2 Å². The van der Waals surface area contributed by atoms with Gasteiger partial charge in [-0.15, -0.1) is 0 Å². The lowest BCUT2D eigenvalue weighted by Gasteiger charge is -2.22. The molecule has 2 aromatic heterocycles. The number of hydrogen-bond donors (Lipinski definition) is 2. The van der Waals surface area contributed by atoms with Gasteiger partial charge in [-0.2, -0.15) is 9.78 Å². The molecule has 0 radical (unpaired) electrons. The summed E-state index contributed by atoms with van der Waals surface area (Å²) in [5.41, 5.74) is -0.333. The Hall–Kier alpha value is -3.30. The first-order valence-corrected chi connectivity index (χ1v) is 11.7. The van der Waals surface area contributed by atoms with E-state index in [2.05, 4.69) is 15.4 Å². The average molecular weight is 484 g/mol. The number of aliphatic hydroxyl groups is 1. The Morgan fingerprint density at radius 1 is 1.15 bits per heavy atom. The van der Waals surface area contributed by atoms with E-state index in [1.807, 2.05) is 0 Å². The molecule has 2 heterocycles. The highest BCUT2D eigenvalue weighted by Crippen LogP contribution is 2.25. The van der Waals surface area contributed by atoms with Crippen LogP contribution in [0, 0.1) is 5.92 Å². The number of aromatic nitrogens is 4. The third kappa shape index (κ3) is 5.43. The minimum atomic E-state index is -0.980. The fraction of sp³-hybridized carbons (Fsp3) is 0.375. The van der Waals surface area contributed by atoms with E-state index < -0.39 is 23.4 Å². The van der Waals surface area contributed by atoms with Gasteiger partial charge in [0.2, 0.25) is 0 Å². The van der Waals surface area contributed by atoms with Crippen LogP contribution in [-0.4, -0.2) is 36.6 Å². The average Bonchev–Trinajstić information content (AvgIpc) is 3.13. The zero-order chi connectivity index (χ0) is 24.1. The standard InChI is InChI=1S/C24H26ClN5O4/c25-20-11-10-18(13-19(20)23(33)28-22(32)16-7-3-1-2-4-8-16)30-24(34)29(21(31)14-27-30)15-17-9-5-6-12-26-17/h5-6,9-14,16,22,32H,1-4,7-8,15H2,(H,28,33). The van der Waals surface area contributed by atoms with Crippen LogP contribution in [0.15, 0.2) is 58.4 Å². The van der Waals surface area contributed by atoms with Gasteiger partial charge in [0.25, 0.3) is 11.5 Å². The maximum Gasteiger partial charge on any atom is 0.352 e. The van der Waals surface area contributed by atoms with Gasteiger partial charge < -0.3 is 10.4 Å². The number of nitrogens with one attached hydrogen (secondary N) is 1. The van der Waals surface area contributed by atoms with Crippen LogP contribution < -0.4 is 16.6 Å². The number of aliphatic hydroxyl groups excluding tert-OH is 1. The Kier molecular flexibility index (Phi) is 7.54. The van der Waals surface area contributed by atoms with Crippen molar-refractivity contribution in [3.8, 4) is 5.69 Å². The third-order valence-corrected chi connectivity index (χ3v) is 6.40. The molecule has 1 amide bonds. The van der Waals surface area contributed by atoms with Gasteiger partial charge in [0.15, 0.2) is 0 Å². The zero-order valence-corrected chi connectivity index (χ0v) is 19.3. The van der Waals surface area contributed by atoms with Gasteiger partial charge in [-0.3, -0.25) is 19.1 Å². The maximum atomic E-state index is 13.0. The molecule has 1 atom stereocenters. The molecular formula is C24H26ClN5O4. The molecule has 1 saturated carbocycles. The molecule has 1 unspecified atom stereocenters. The summed E-state index contributed by atoms with van der Waals surface area (Å²) in [6.07, 6.45) is 7.66. The predicted octanol–water partition coefficient (Wildman–Crippen LogP) is 2.51. The second-order valence-corrected chi connectivity index (χ2v) is 8.83. The Morgan fingerprint density at radius 3 is 2.62 bits per heavy atom. The Morgan fingerprint density at radius 2 is 1.91 bits per heavy atom. The summed E-state index contributed by atoms with van der Waals surface area (Å²) in [5, 5.41) is 17.3. The minimum Gasteiger partial charge on any atom is -0.373 e. The lowest BCUT2D eigenvalue weighted by Crippen LogP contribution is -2.41. The van der Waals surface area contributed by atoms with Crippen molar-refractivity contribution >= 4 is 17.5 Å². The summed E-state index contributed by atoms with van der Waals surface area (Å²) in [7, 11) is 0. The first kappa shape index (κ1) is 23.8. The van der Waals surface area contributed by atoms with Gasteiger partial charge in [0.1, 0.15) is 12.4 Å². The topological polar surface area (TPSA) is 119 Å². The molecular weight excluding hydrogens is 458 g/mol. The normalized spacial score (nSPS) is 15.5. The molecule has 0 spiro atoms. The number of rotatable bonds is 6. The van der Waals surface area contributed by atoms with E-state index in [1.54, 1.807) is 24.4 Å². The molecule has 1 aliphatic carbocycles. The van der Waals surface area contributed by atoms with Crippen LogP contribution in [0.4, 0.5) is 0 Å². The van der Waals surface area contributed by atoms with Crippen LogP contribution in [0.25, 0.3) is 5.69 Å². The van der Waals surface area contributed by atoms with Crippen molar-refractivity contribution in [2.45, 2.75) is 51.3 Å². The number of carbonyl (C=O) groups excluding carboxylic acids is 1. The highest BCUT2D eigenvalue weighted by molar-refractivity contribution is 6.33. The van der Waals surface area contributed by atoms with Crippen LogP contribution in [0.1, 0.15) is 54.6 Å². The molecule has 9 nitrogen and oxygen atoms in total. The minimum absolute atomic E-state index is 0.00662. The molecule has 3 aromatic rings. The summed E-state index contributed by atoms with van der Waals surface area (Å²) in [4.78, 5) is 42.4. The fourth-order valence-corrected chi connectivity index (χ4v) is 4.39. The maximum absolute atomic E-state index is 13.0. The van der Waals surface area contributed by atoms with Gasteiger partial charge in [0.05, 0.1) is 28.5 Å². The quantitative estimate of drug-likeness (QED) is 0.410. The van der Waals surface area contributed by atoms with E-state index in [-0.39, 0.29) is 28.7 Å². The second kappa shape index (κ2) is 10.8. The summed E-state index contributed by atoms with van der Waals surface area (Å²) >= 11 is 6.26. The Bertz CT molecular complexity index is 1270. The third-order valence-electron chi connectivity index (χ3n) is 6.07. The summed E-state index contributed by atoms with van der Waals surface area (Å²) < 4.78 is 2.04. The predicted molar refractivity (Wildman–Crippen MR) is 127 cm³/mol. The number of pyridine rings is 1. The molecule has 0 saturated heterocycles. The van der Waals surface area contributed by atoms with Crippen LogP contribution >= 0.6 is 11.6 Å². The molecule has 4 rings (SSSR count). The van der Waals surface area contributed by atoms with Crippen molar-refractivity contribution in [1.82, 2.24) is 24.6 Å². The second-order valence-electron chi connectivity index (χ2n) is 8.42. The van der Waals surface area contributed by atoms with Crippen molar-refractivity contribution in [3.63, 3.8) is 0 Å². The lowest BCUT2D eigenvalue weighted by atomic mass is 9.98. The number of halogens is 1. The Labute approximate surface area is 201 Å². The zero-order valence-electron chi connectivity index (χ0n) is 18.6. The molecule has 1 fully saturated rings. The van der Waals surface area contributed by atoms with Gasteiger partial charge in [0, 0.05) is 12.1 Å². The summed E-state index contributed by atoms with van der Waals surface area (Å²) in [6, 6.07) is 9.64. The monoisotopic (exact) mass is 483 g/mol. The van der Waals surface area contributed by atoms with Crippen molar-refractivity contribution in [2.24, 2.45) is 5.92 Å². The number of benzene rings is 1. The van der Waals surface area contributed by atoms with Gasteiger partial charge in [-0.1, -0.05) is 43.4 Å². The SMILES string of the molecule is O=C(NC(O)C1CCCCCC1)c1cc(-n2ncc(=O)n(Cc3ccccn3)c2=O)ccc1Cl. The van der Waals surface area contributed by atoms with Crippen molar-refractivity contribution in [2.75, 3.05) is 0 Å². The molecule has 1 aromatic carbocycles. The van der Waals surface area contributed by atoms with E-state index in [0.717, 1.165) is 54.0 Å². The summed E-state index contributed by atoms with van der Waals surface area (Å²) in [5.74, 6) is -0.550. The number of nitrogens with zero attached hydrogens (tertiary/aromatic N) is 4. The van der Waals surface area contributed by atoms with Gasteiger partial charge in [-0.25, -0.2) is 4.79 Å². The van der Waals surface area contributed by atoms with E-state index in [4.69, 9.17) is 11.6 Å². The van der Waals surface area contributed by atoms with E-state index >= 15 is 0 Å². The molecule has 178 valence electrons. The molecule has 1 aliphatic rings. The van der Waals surface area contributed by atoms with Crippen molar-refractivity contribution in [3.05, 3.63) is 85.9 Å². The molecule has 0 bridgehead atoms. The molecule has 2 N–H and O–H groups in total. The lowest BCUT2D eigenvalue weighted by molar-refractivity contribution is 0.0532. The van der Waals surface area contributed by atoms with E-state index in [9.17, 15) is 19.5 Å². The molecule has 34 heavy (non-hydrogen) atoms. The van der Waals surface area contributed by atoms with Gasteiger partial charge in [-0.05, 0) is 43.2 Å². The van der Waals surface area contributed by atoms with Crippen LogP contribution in [0.3, 0.4) is 0 Å². The van der Waals surface area contributed by atoms with Crippen LogP contribution in [-0.2, 0) is 6.54 Å². The highest BCUT2D eigenvalue weighted by atomic mass is 35.5. The van der Waals surface area contributed by atoms with E-state index in [0.29, 0.717) is 5.69 Å². The van der Waals surface area contributed by atoms with Gasteiger partial charge >= 0.3 is 5.69 Å². The molecule has 10 heteroatoms. The van der Waals surface area contributed by atoms with Crippen LogP contribution in [0.2, 0.25) is 5.02 Å². The van der Waals surface area contributed by atoms with Crippen molar-refractivity contribution < 1.29 is 9.90 Å². The number of carbonyl (C=O) groups is 1. The number of hydrogen-bond acceptors (Lipinski definition) is 6. The number of amides is 1. The first-order valence-electron chi connectivity index (χ1n) is 11.3. The molecule has 0 aliphatic heterocycles. The highest BCUT2D eigenvalue weighted by Gasteiger charge is 2.24.